The number of Topliss-reactive ketones (excluding diaryl/α,β-unsaturated/α-hetero) is 1. The van der Waals surface area contributed by atoms with Crippen molar-refractivity contribution in [2.45, 2.75) is 64.5 Å². The Kier molecular flexibility index (Phi) is 5.22. The van der Waals surface area contributed by atoms with Crippen LogP contribution in [0.3, 0.4) is 0 Å². The Morgan fingerprint density at radius 2 is 2.10 bits per heavy atom. The van der Waals surface area contributed by atoms with E-state index in [0.29, 0.717) is 12.2 Å². The highest BCUT2D eigenvalue weighted by Crippen LogP contribution is 2.29. The molecule has 0 saturated heterocycles. The first-order chi connectivity index (χ1) is 9.98. The molecule has 1 aromatic heterocycles. The lowest BCUT2D eigenvalue weighted by Gasteiger charge is -2.22. The SMILES string of the molecule is CCn1c(CCC(C)(N)CO)ccc1C(=O)C1CCCC1. The second-order valence-electron chi connectivity index (χ2n) is 6.61. The average Bonchev–Trinajstić information content (AvgIpc) is 3.13. The van der Waals surface area contributed by atoms with Gasteiger partial charge in [0.2, 0.25) is 0 Å². The quantitative estimate of drug-likeness (QED) is 0.759. The topological polar surface area (TPSA) is 68.2 Å². The fourth-order valence-corrected chi connectivity index (χ4v) is 3.21. The van der Waals surface area contributed by atoms with Crippen LogP contribution >= 0.6 is 0 Å². The van der Waals surface area contributed by atoms with Crippen molar-refractivity contribution in [3.05, 3.63) is 23.5 Å². The third kappa shape index (κ3) is 3.74. The van der Waals surface area contributed by atoms with Crippen LogP contribution < -0.4 is 5.73 Å². The van der Waals surface area contributed by atoms with Gasteiger partial charge in [-0.3, -0.25) is 4.79 Å². The number of aliphatic hydroxyl groups is 1. The molecule has 0 spiro atoms. The van der Waals surface area contributed by atoms with Crippen molar-refractivity contribution in [2.75, 3.05) is 6.61 Å². The molecule has 0 radical (unpaired) electrons. The second-order valence-corrected chi connectivity index (χ2v) is 6.61. The second kappa shape index (κ2) is 6.75. The summed E-state index contributed by atoms with van der Waals surface area (Å²) < 4.78 is 2.12. The third-order valence-electron chi connectivity index (χ3n) is 4.68. The zero-order chi connectivity index (χ0) is 15.5. The Balaban J connectivity index is 2.12. The number of nitrogens with two attached hydrogens (primary N) is 1. The van der Waals surface area contributed by atoms with Crippen LogP contribution in [0, 0.1) is 5.92 Å². The first-order valence-corrected chi connectivity index (χ1v) is 8.11. The van der Waals surface area contributed by atoms with Gasteiger partial charge in [0.25, 0.3) is 0 Å². The summed E-state index contributed by atoms with van der Waals surface area (Å²) in [4.78, 5) is 12.6. The molecule has 1 atom stereocenters. The van der Waals surface area contributed by atoms with E-state index in [0.717, 1.165) is 37.2 Å². The number of aryl methyl sites for hydroxylation is 1. The van der Waals surface area contributed by atoms with E-state index in [1.54, 1.807) is 0 Å². The number of aliphatic hydroxyl groups excluding tert-OH is 1. The standard InChI is InChI=1S/C17H28N2O2/c1-3-19-14(10-11-17(2,18)12-20)8-9-15(19)16(21)13-6-4-5-7-13/h8-9,13,20H,3-7,10-12,18H2,1-2H3. The molecule has 1 aliphatic carbocycles. The third-order valence-corrected chi connectivity index (χ3v) is 4.68. The van der Waals surface area contributed by atoms with Crippen LogP contribution in [0.2, 0.25) is 0 Å². The Morgan fingerprint density at radius 3 is 2.67 bits per heavy atom. The molecule has 21 heavy (non-hydrogen) atoms. The van der Waals surface area contributed by atoms with E-state index in [-0.39, 0.29) is 12.5 Å². The lowest BCUT2D eigenvalue weighted by Crippen LogP contribution is -2.40. The van der Waals surface area contributed by atoms with Gasteiger partial charge in [-0.1, -0.05) is 12.8 Å². The predicted octanol–water partition coefficient (Wildman–Crippen LogP) is 2.52. The van der Waals surface area contributed by atoms with Crippen LogP contribution in [0.25, 0.3) is 0 Å². The maximum absolute atomic E-state index is 12.6. The number of hydrogen-bond donors (Lipinski definition) is 2. The summed E-state index contributed by atoms with van der Waals surface area (Å²) in [6, 6.07) is 4.01. The molecule has 3 N–H and O–H groups in total. The van der Waals surface area contributed by atoms with Gasteiger partial charge in [0.1, 0.15) is 0 Å². The molecule has 0 bridgehead atoms. The maximum atomic E-state index is 12.6. The van der Waals surface area contributed by atoms with E-state index in [1.165, 1.54) is 12.8 Å². The van der Waals surface area contributed by atoms with Crippen molar-refractivity contribution < 1.29 is 9.90 Å². The first-order valence-electron chi connectivity index (χ1n) is 8.11. The largest absolute Gasteiger partial charge is 0.394 e. The number of hydrogen-bond acceptors (Lipinski definition) is 3. The molecule has 0 amide bonds. The van der Waals surface area contributed by atoms with E-state index in [4.69, 9.17) is 5.73 Å². The Labute approximate surface area is 127 Å². The molecule has 4 nitrogen and oxygen atoms in total. The van der Waals surface area contributed by atoms with Gasteiger partial charge in [-0.25, -0.2) is 0 Å². The number of carbonyl (C=O) groups is 1. The number of ketones is 1. The molecular weight excluding hydrogens is 264 g/mol. The zero-order valence-corrected chi connectivity index (χ0v) is 13.3. The van der Waals surface area contributed by atoms with Crippen LogP contribution in [0.4, 0.5) is 0 Å². The fourth-order valence-electron chi connectivity index (χ4n) is 3.21. The van der Waals surface area contributed by atoms with Crippen molar-refractivity contribution in [2.24, 2.45) is 11.7 Å². The van der Waals surface area contributed by atoms with E-state index in [9.17, 15) is 9.90 Å². The predicted molar refractivity (Wildman–Crippen MR) is 84.4 cm³/mol. The lowest BCUT2D eigenvalue weighted by molar-refractivity contribution is 0.0913. The smallest absolute Gasteiger partial charge is 0.182 e. The van der Waals surface area contributed by atoms with E-state index >= 15 is 0 Å². The van der Waals surface area contributed by atoms with Crippen LogP contribution in [-0.2, 0) is 13.0 Å². The minimum atomic E-state index is -0.557. The number of carbonyl (C=O) groups excluding carboxylic acids is 1. The van der Waals surface area contributed by atoms with Crippen molar-refractivity contribution in [1.82, 2.24) is 4.57 Å². The summed E-state index contributed by atoms with van der Waals surface area (Å²) >= 11 is 0. The number of rotatable bonds is 7. The van der Waals surface area contributed by atoms with Gasteiger partial charge in [-0.05, 0) is 51.7 Å². The van der Waals surface area contributed by atoms with E-state index in [1.807, 2.05) is 19.1 Å². The fraction of sp³-hybridized carbons (Fsp3) is 0.706. The molecule has 4 heteroatoms. The first kappa shape index (κ1) is 16.2. The van der Waals surface area contributed by atoms with Crippen molar-refractivity contribution in [3.8, 4) is 0 Å². The van der Waals surface area contributed by atoms with Gasteiger partial charge in [0, 0.05) is 23.7 Å². The number of aromatic nitrogens is 1. The molecule has 1 aliphatic rings. The normalized spacial score (nSPS) is 18.9. The molecule has 1 unspecified atom stereocenters. The Morgan fingerprint density at radius 1 is 1.43 bits per heavy atom. The van der Waals surface area contributed by atoms with Gasteiger partial charge in [-0.2, -0.15) is 0 Å². The maximum Gasteiger partial charge on any atom is 0.182 e. The molecule has 1 saturated carbocycles. The van der Waals surface area contributed by atoms with Crippen LogP contribution in [0.5, 0.6) is 0 Å². The Hall–Kier alpha value is -1.13. The highest BCUT2D eigenvalue weighted by atomic mass is 16.3. The molecule has 1 heterocycles. The van der Waals surface area contributed by atoms with Crippen LogP contribution in [0.15, 0.2) is 12.1 Å². The summed E-state index contributed by atoms with van der Waals surface area (Å²) in [7, 11) is 0. The molecule has 0 aliphatic heterocycles. The van der Waals surface area contributed by atoms with Gasteiger partial charge in [-0.15, -0.1) is 0 Å². The van der Waals surface area contributed by atoms with Crippen molar-refractivity contribution in [3.63, 3.8) is 0 Å². The van der Waals surface area contributed by atoms with Crippen molar-refractivity contribution >= 4 is 5.78 Å². The highest BCUT2D eigenvalue weighted by Gasteiger charge is 2.26. The van der Waals surface area contributed by atoms with Gasteiger partial charge >= 0.3 is 0 Å². The molecule has 2 rings (SSSR count). The summed E-state index contributed by atoms with van der Waals surface area (Å²) in [6.07, 6.45) is 5.93. The van der Waals surface area contributed by atoms with E-state index < -0.39 is 5.54 Å². The minimum absolute atomic E-state index is 0.0201. The monoisotopic (exact) mass is 292 g/mol. The van der Waals surface area contributed by atoms with Crippen molar-refractivity contribution in [1.29, 1.82) is 0 Å². The average molecular weight is 292 g/mol. The van der Waals surface area contributed by atoms with Gasteiger partial charge in [0.05, 0.1) is 12.3 Å². The molecular formula is C17H28N2O2. The summed E-state index contributed by atoms with van der Waals surface area (Å²) in [5.41, 5.74) is 7.43. The summed E-state index contributed by atoms with van der Waals surface area (Å²) in [6.45, 7) is 4.71. The molecule has 1 fully saturated rings. The molecule has 0 aromatic carbocycles. The number of nitrogens with zero attached hydrogens (tertiary/aromatic N) is 1. The minimum Gasteiger partial charge on any atom is -0.394 e. The van der Waals surface area contributed by atoms with Gasteiger partial charge < -0.3 is 15.4 Å². The molecule has 1 aromatic rings. The van der Waals surface area contributed by atoms with E-state index in [2.05, 4.69) is 11.5 Å². The summed E-state index contributed by atoms with van der Waals surface area (Å²) in [5, 5.41) is 9.25. The lowest BCUT2D eigenvalue weighted by atomic mass is 9.97. The highest BCUT2D eigenvalue weighted by molar-refractivity contribution is 5.96. The zero-order valence-electron chi connectivity index (χ0n) is 13.3. The molecule has 118 valence electrons. The summed E-state index contributed by atoms with van der Waals surface area (Å²) in [5.74, 6) is 0.522. The Bertz CT molecular complexity index is 485. The van der Waals surface area contributed by atoms with Crippen LogP contribution in [0.1, 0.15) is 62.1 Å². The van der Waals surface area contributed by atoms with Gasteiger partial charge in [0.15, 0.2) is 5.78 Å². The van der Waals surface area contributed by atoms with Crippen LogP contribution in [-0.4, -0.2) is 27.6 Å².